The largest absolute Gasteiger partial charge is 0.459 e. The number of hydrogen-bond donors (Lipinski definition) is 1. The first-order chi connectivity index (χ1) is 10.9. The molecule has 3 rings (SSSR count). The SMILES string of the molecule is CS(=O)(=O)Cc1ccc(Cl)cc1NCc1cc2ccccc2o1. The minimum atomic E-state index is -3.12. The molecule has 0 saturated carbocycles. The van der Waals surface area contributed by atoms with Crippen molar-refractivity contribution in [1.82, 2.24) is 0 Å². The first kappa shape index (κ1) is 15.9. The van der Waals surface area contributed by atoms with Gasteiger partial charge in [-0.25, -0.2) is 8.42 Å². The van der Waals surface area contributed by atoms with Crippen LogP contribution >= 0.6 is 11.6 Å². The molecule has 23 heavy (non-hydrogen) atoms. The molecule has 1 aromatic heterocycles. The monoisotopic (exact) mass is 349 g/mol. The van der Waals surface area contributed by atoms with Crippen LogP contribution in [0.4, 0.5) is 5.69 Å². The number of sulfone groups is 1. The predicted molar refractivity (Wildman–Crippen MR) is 93.5 cm³/mol. The molecule has 0 atom stereocenters. The highest BCUT2D eigenvalue weighted by Crippen LogP contribution is 2.25. The van der Waals surface area contributed by atoms with E-state index in [0.717, 1.165) is 16.7 Å². The van der Waals surface area contributed by atoms with E-state index in [2.05, 4.69) is 5.32 Å². The van der Waals surface area contributed by atoms with E-state index in [0.29, 0.717) is 22.8 Å². The van der Waals surface area contributed by atoms with Crippen LogP contribution in [0.5, 0.6) is 0 Å². The molecule has 0 fully saturated rings. The van der Waals surface area contributed by atoms with E-state index >= 15 is 0 Å². The van der Waals surface area contributed by atoms with Crippen LogP contribution in [0.1, 0.15) is 11.3 Å². The summed E-state index contributed by atoms with van der Waals surface area (Å²) in [4.78, 5) is 0. The van der Waals surface area contributed by atoms with Crippen molar-refractivity contribution >= 4 is 38.1 Å². The Morgan fingerprint density at radius 3 is 2.65 bits per heavy atom. The summed E-state index contributed by atoms with van der Waals surface area (Å²) >= 11 is 6.02. The molecule has 0 unspecified atom stereocenters. The van der Waals surface area contributed by atoms with Gasteiger partial charge in [0.15, 0.2) is 9.84 Å². The lowest BCUT2D eigenvalue weighted by Gasteiger charge is -2.11. The Morgan fingerprint density at radius 1 is 1.13 bits per heavy atom. The Labute approximate surface area is 140 Å². The van der Waals surface area contributed by atoms with E-state index < -0.39 is 9.84 Å². The van der Waals surface area contributed by atoms with Crippen LogP contribution in [-0.2, 0) is 22.1 Å². The average molecular weight is 350 g/mol. The van der Waals surface area contributed by atoms with Crippen LogP contribution in [-0.4, -0.2) is 14.7 Å². The van der Waals surface area contributed by atoms with Crippen molar-refractivity contribution in [3.63, 3.8) is 0 Å². The van der Waals surface area contributed by atoms with E-state index in [9.17, 15) is 8.42 Å². The Kier molecular flexibility index (Phi) is 4.33. The topological polar surface area (TPSA) is 59.3 Å². The zero-order valence-corrected chi connectivity index (χ0v) is 14.1. The second kappa shape index (κ2) is 6.26. The van der Waals surface area contributed by atoms with Gasteiger partial charge in [-0.15, -0.1) is 0 Å². The number of rotatable bonds is 5. The zero-order valence-electron chi connectivity index (χ0n) is 12.5. The summed E-state index contributed by atoms with van der Waals surface area (Å²) in [5.41, 5.74) is 2.21. The standard InChI is InChI=1S/C17H16ClNO3S/c1-23(20,21)11-13-6-7-14(18)9-16(13)19-10-15-8-12-4-2-3-5-17(12)22-15/h2-9,19H,10-11H2,1H3. The van der Waals surface area contributed by atoms with Gasteiger partial charge < -0.3 is 9.73 Å². The minimum absolute atomic E-state index is 0.0351. The van der Waals surface area contributed by atoms with Crippen molar-refractivity contribution in [2.45, 2.75) is 12.3 Å². The molecule has 6 heteroatoms. The van der Waals surface area contributed by atoms with Crippen molar-refractivity contribution in [1.29, 1.82) is 0 Å². The summed E-state index contributed by atoms with van der Waals surface area (Å²) in [6, 6.07) is 14.9. The van der Waals surface area contributed by atoms with Crippen LogP contribution in [0.3, 0.4) is 0 Å². The second-order valence-corrected chi connectivity index (χ2v) is 8.05. The summed E-state index contributed by atoms with van der Waals surface area (Å²) in [7, 11) is -3.12. The molecule has 4 nitrogen and oxygen atoms in total. The van der Waals surface area contributed by atoms with Gasteiger partial charge in [-0.05, 0) is 29.8 Å². The van der Waals surface area contributed by atoms with E-state index in [1.807, 2.05) is 30.3 Å². The van der Waals surface area contributed by atoms with Gasteiger partial charge in [-0.1, -0.05) is 35.9 Å². The Balaban J connectivity index is 1.83. The molecule has 0 aliphatic rings. The molecule has 0 radical (unpaired) electrons. The van der Waals surface area contributed by atoms with Crippen molar-refractivity contribution < 1.29 is 12.8 Å². The minimum Gasteiger partial charge on any atom is -0.459 e. The first-order valence-electron chi connectivity index (χ1n) is 7.08. The summed E-state index contributed by atoms with van der Waals surface area (Å²) in [6.07, 6.45) is 1.21. The maximum atomic E-state index is 11.6. The molecule has 0 spiro atoms. The zero-order chi connectivity index (χ0) is 16.4. The van der Waals surface area contributed by atoms with Gasteiger partial charge in [0.1, 0.15) is 11.3 Å². The van der Waals surface area contributed by atoms with Crippen LogP contribution in [0.2, 0.25) is 5.02 Å². The van der Waals surface area contributed by atoms with Crippen molar-refractivity contribution in [2.24, 2.45) is 0 Å². The summed E-state index contributed by atoms with van der Waals surface area (Å²) < 4.78 is 28.8. The van der Waals surface area contributed by atoms with Crippen LogP contribution < -0.4 is 5.32 Å². The van der Waals surface area contributed by atoms with E-state index in [4.69, 9.17) is 16.0 Å². The molecule has 0 saturated heterocycles. The number of furan rings is 1. The second-order valence-electron chi connectivity index (χ2n) is 5.48. The predicted octanol–water partition coefficient (Wildman–Crippen LogP) is 4.24. The fourth-order valence-electron chi connectivity index (χ4n) is 2.43. The normalized spacial score (nSPS) is 11.7. The highest BCUT2D eigenvalue weighted by atomic mass is 35.5. The van der Waals surface area contributed by atoms with Gasteiger partial charge in [0, 0.05) is 22.4 Å². The highest BCUT2D eigenvalue weighted by Gasteiger charge is 2.11. The van der Waals surface area contributed by atoms with Crippen LogP contribution in [0.15, 0.2) is 52.9 Å². The Morgan fingerprint density at radius 2 is 1.91 bits per heavy atom. The molecule has 1 N–H and O–H groups in total. The third-order valence-electron chi connectivity index (χ3n) is 3.42. The number of para-hydroxylation sites is 1. The van der Waals surface area contributed by atoms with E-state index in [-0.39, 0.29) is 5.75 Å². The van der Waals surface area contributed by atoms with E-state index in [1.165, 1.54) is 6.26 Å². The van der Waals surface area contributed by atoms with Crippen molar-refractivity contribution in [3.05, 3.63) is 64.9 Å². The molecule has 1 heterocycles. The summed E-state index contributed by atoms with van der Waals surface area (Å²) in [5.74, 6) is 0.739. The fraction of sp³-hybridized carbons (Fsp3) is 0.176. The number of benzene rings is 2. The number of halogens is 1. The van der Waals surface area contributed by atoms with Gasteiger partial charge in [-0.3, -0.25) is 0 Å². The quantitative estimate of drug-likeness (QED) is 0.748. The van der Waals surface area contributed by atoms with Crippen LogP contribution in [0.25, 0.3) is 11.0 Å². The van der Waals surface area contributed by atoms with Crippen molar-refractivity contribution in [2.75, 3.05) is 11.6 Å². The average Bonchev–Trinajstić information content (AvgIpc) is 2.89. The highest BCUT2D eigenvalue weighted by molar-refractivity contribution is 7.89. The third-order valence-corrected chi connectivity index (χ3v) is 4.49. The van der Waals surface area contributed by atoms with Crippen molar-refractivity contribution in [3.8, 4) is 0 Å². The molecule has 0 aliphatic heterocycles. The van der Waals surface area contributed by atoms with Gasteiger partial charge >= 0.3 is 0 Å². The molecule has 0 amide bonds. The number of nitrogens with one attached hydrogen (secondary N) is 1. The smallest absolute Gasteiger partial charge is 0.151 e. The number of anilines is 1. The maximum absolute atomic E-state index is 11.6. The Bertz CT molecular complexity index is 914. The lowest BCUT2D eigenvalue weighted by atomic mass is 10.2. The van der Waals surface area contributed by atoms with Gasteiger partial charge in [0.2, 0.25) is 0 Å². The molecule has 120 valence electrons. The maximum Gasteiger partial charge on any atom is 0.151 e. The number of fused-ring (bicyclic) bond motifs is 1. The Hall–Kier alpha value is -1.98. The molecule has 2 aromatic carbocycles. The van der Waals surface area contributed by atoms with Gasteiger partial charge in [0.25, 0.3) is 0 Å². The van der Waals surface area contributed by atoms with E-state index in [1.54, 1.807) is 18.2 Å². The molecule has 0 bridgehead atoms. The van der Waals surface area contributed by atoms with Gasteiger partial charge in [-0.2, -0.15) is 0 Å². The number of hydrogen-bond acceptors (Lipinski definition) is 4. The lowest BCUT2D eigenvalue weighted by Crippen LogP contribution is -2.06. The molecular formula is C17H16ClNO3S. The lowest BCUT2D eigenvalue weighted by molar-refractivity contribution is 0.559. The third kappa shape index (κ3) is 4.06. The summed E-state index contributed by atoms with van der Waals surface area (Å²) in [5, 5.41) is 4.80. The molecule has 3 aromatic rings. The van der Waals surface area contributed by atoms with Crippen LogP contribution in [0, 0.1) is 0 Å². The summed E-state index contributed by atoms with van der Waals surface area (Å²) in [6.45, 7) is 0.450. The molecule has 0 aliphatic carbocycles. The first-order valence-corrected chi connectivity index (χ1v) is 9.52. The fourth-order valence-corrected chi connectivity index (χ4v) is 3.42. The van der Waals surface area contributed by atoms with Gasteiger partial charge in [0.05, 0.1) is 12.3 Å². The molecular weight excluding hydrogens is 334 g/mol.